The highest BCUT2D eigenvalue weighted by atomic mass is 35.5. The van der Waals surface area contributed by atoms with Gasteiger partial charge in [-0.05, 0) is 49.4 Å². The molecule has 2 aliphatic rings. The highest BCUT2D eigenvalue weighted by Gasteiger charge is 2.47. The number of aliphatic hydroxyl groups is 1. The fraction of sp³-hybridized carbons (Fsp3) is 0.500. The molecule has 2 N–H and O–H groups in total. The van der Waals surface area contributed by atoms with Crippen LogP contribution in [0.3, 0.4) is 0 Å². The first-order valence-corrected chi connectivity index (χ1v) is 10.6. The standard InChI is InChI=1S/C20H22ClNO5S/c1-10-6-11(2-4-14(10)21)26-8-13-12-3-5-17(27-18(12)7-16(13)23)19-22-15(9-28-19)20(24)25/h2,4,6,9,12-13,16-18,23H,3,5,7-8H2,1H3,(H,24,25)/t12-,13-,16-,17-,18+/m1/s1. The lowest BCUT2D eigenvalue weighted by Gasteiger charge is -2.33. The minimum Gasteiger partial charge on any atom is -0.493 e. The first-order chi connectivity index (χ1) is 13.4. The van der Waals surface area contributed by atoms with Crippen LogP contribution in [-0.2, 0) is 4.74 Å². The maximum absolute atomic E-state index is 11.0. The molecule has 0 amide bonds. The molecule has 2 heterocycles. The van der Waals surface area contributed by atoms with Crippen LogP contribution < -0.4 is 4.74 Å². The van der Waals surface area contributed by atoms with Gasteiger partial charge in [-0.1, -0.05) is 11.6 Å². The van der Waals surface area contributed by atoms with E-state index in [9.17, 15) is 9.90 Å². The largest absolute Gasteiger partial charge is 0.493 e. The fourth-order valence-electron chi connectivity index (χ4n) is 4.18. The summed E-state index contributed by atoms with van der Waals surface area (Å²) in [5, 5.41) is 22.6. The molecule has 0 unspecified atom stereocenters. The van der Waals surface area contributed by atoms with Crippen molar-refractivity contribution < 1.29 is 24.5 Å². The SMILES string of the molecule is Cc1cc(OC[C@@H]2[C@H]3CC[C@H](c4nc(C(=O)O)cs4)O[C@H]3C[C@H]2O)ccc1Cl. The van der Waals surface area contributed by atoms with Crippen LogP contribution in [-0.4, -0.2) is 40.0 Å². The fourth-order valence-corrected chi connectivity index (χ4v) is 5.16. The number of aryl methyl sites for hydroxylation is 1. The number of rotatable bonds is 5. The Morgan fingerprint density at radius 1 is 1.43 bits per heavy atom. The van der Waals surface area contributed by atoms with Crippen LogP contribution in [0, 0.1) is 18.8 Å². The van der Waals surface area contributed by atoms with Crippen molar-refractivity contribution in [1.82, 2.24) is 4.98 Å². The lowest BCUT2D eigenvalue weighted by Crippen LogP contribution is -2.33. The predicted octanol–water partition coefficient (Wildman–Crippen LogP) is 4.10. The molecular formula is C20H22ClNO5S. The van der Waals surface area contributed by atoms with Crippen molar-refractivity contribution in [2.75, 3.05) is 6.61 Å². The number of hydrogen-bond donors (Lipinski definition) is 2. The zero-order valence-corrected chi connectivity index (χ0v) is 16.9. The summed E-state index contributed by atoms with van der Waals surface area (Å²) in [5.41, 5.74) is 1.01. The van der Waals surface area contributed by atoms with Gasteiger partial charge in [0.05, 0.1) is 18.8 Å². The normalized spacial score (nSPS) is 29.5. The Labute approximate surface area is 172 Å². The number of ether oxygens (including phenoxy) is 2. The first kappa shape index (κ1) is 19.6. The molecule has 1 aliphatic carbocycles. The Morgan fingerprint density at radius 3 is 2.96 bits per heavy atom. The van der Waals surface area contributed by atoms with Crippen molar-refractivity contribution in [2.24, 2.45) is 11.8 Å². The molecule has 1 saturated heterocycles. The molecule has 28 heavy (non-hydrogen) atoms. The van der Waals surface area contributed by atoms with Crippen LogP contribution in [0.25, 0.3) is 0 Å². The van der Waals surface area contributed by atoms with Gasteiger partial charge in [-0.25, -0.2) is 9.78 Å². The highest BCUT2D eigenvalue weighted by molar-refractivity contribution is 7.09. The molecule has 2 fully saturated rings. The topological polar surface area (TPSA) is 88.9 Å². The number of fused-ring (bicyclic) bond motifs is 1. The van der Waals surface area contributed by atoms with E-state index in [1.165, 1.54) is 11.3 Å². The monoisotopic (exact) mass is 423 g/mol. The van der Waals surface area contributed by atoms with E-state index in [4.69, 9.17) is 26.2 Å². The number of halogens is 1. The first-order valence-electron chi connectivity index (χ1n) is 9.33. The minimum absolute atomic E-state index is 0.00723. The third-order valence-corrected chi connectivity index (χ3v) is 7.05. The summed E-state index contributed by atoms with van der Waals surface area (Å²) in [6.07, 6.45) is 1.47. The zero-order chi connectivity index (χ0) is 19.8. The van der Waals surface area contributed by atoms with Crippen molar-refractivity contribution in [2.45, 2.75) is 44.5 Å². The lowest BCUT2D eigenvalue weighted by atomic mass is 9.87. The zero-order valence-electron chi connectivity index (χ0n) is 15.4. The van der Waals surface area contributed by atoms with Crippen molar-refractivity contribution in [3.63, 3.8) is 0 Å². The molecule has 0 radical (unpaired) electrons. The number of nitrogens with zero attached hydrogens (tertiary/aromatic N) is 1. The quantitative estimate of drug-likeness (QED) is 0.752. The van der Waals surface area contributed by atoms with Crippen molar-refractivity contribution in [1.29, 1.82) is 0 Å². The van der Waals surface area contributed by atoms with E-state index in [1.807, 2.05) is 25.1 Å². The number of aromatic nitrogens is 1. The number of thiazole rings is 1. The van der Waals surface area contributed by atoms with Gasteiger partial charge < -0.3 is 19.7 Å². The second kappa shape index (κ2) is 7.99. The molecule has 0 spiro atoms. The molecule has 0 bridgehead atoms. The van der Waals surface area contributed by atoms with Gasteiger partial charge in [0, 0.05) is 22.7 Å². The van der Waals surface area contributed by atoms with E-state index in [0.29, 0.717) is 23.1 Å². The molecular weight excluding hydrogens is 402 g/mol. The molecule has 4 rings (SSSR count). The lowest BCUT2D eigenvalue weighted by molar-refractivity contribution is -0.0811. The summed E-state index contributed by atoms with van der Waals surface area (Å²) in [4.78, 5) is 15.2. The highest BCUT2D eigenvalue weighted by Crippen LogP contribution is 2.46. The van der Waals surface area contributed by atoms with Gasteiger partial charge in [-0.15, -0.1) is 11.3 Å². The summed E-state index contributed by atoms with van der Waals surface area (Å²) in [6, 6.07) is 5.55. The number of carboxylic acid groups (broad SMARTS) is 1. The number of carbonyl (C=O) groups is 1. The molecule has 6 nitrogen and oxygen atoms in total. The minimum atomic E-state index is -1.03. The smallest absolute Gasteiger partial charge is 0.355 e. The Kier molecular flexibility index (Phi) is 5.60. The average molecular weight is 424 g/mol. The number of hydrogen-bond acceptors (Lipinski definition) is 6. The molecule has 150 valence electrons. The van der Waals surface area contributed by atoms with Gasteiger partial charge in [0.15, 0.2) is 5.69 Å². The van der Waals surface area contributed by atoms with Gasteiger partial charge in [-0.2, -0.15) is 0 Å². The Balaban J connectivity index is 1.39. The van der Waals surface area contributed by atoms with E-state index in [-0.39, 0.29) is 29.7 Å². The average Bonchev–Trinajstić information content (AvgIpc) is 3.27. The van der Waals surface area contributed by atoms with Crippen LogP contribution in [0.1, 0.15) is 46.4 Å². The summed E-state index contributed by atoms with van der Waals surface area (Å²) in [7, 11) is 0. The summed E-state index contributed by atoms with van der Waals surface area (Å²) in [6.45, 7) is 2.36. The van der Waals surface area contributed by atoms with Crippen molar-refractivity contribution in [3.8, 4) is 5.75 Å². The van der Waals surface area contributed by atoms with E-state index in [1.54, 1.807) is 5.38 Å². The number of carboxylic acids is 1. The van der Waals surface area contributed by atoms with E-state index < -0.39 is 12.1 Å². The van der Waals surface area contributed by atoms with Crippen molar-refractivity contribution in [3.05, 3.63) is 44.9 Å². The van der Waals surface area contributed by atoms with Crippen LogP contribution in [0.15, 0.2) is 23.6 Å². The van der Waals surface area contributed by atoms with Gasteiger partial charge >= 0.3 is 5.97 Å². The van der Waals surface area contributed by atoms with Crippen LogP contribution >= 0.6 is 22.9 Å². The van der Waals surface area contributed by atoms with E-state index in [2.05, 4.69) is 4.98 Å². The summed E-state index contributed by atoms with van der Waals surface area (Å²) >= 11 is 7.37. The van der Waals surface area contributed by atoms with Crippen LogP contribution in [0.2, 0.25) is 5.02 Å². The Bertz CT molecular complexity index is 872. The maximum atomic E-state index is 11.0. The van der Waals surface area contributed by atoms with Gasteiger partial charge in [0.25, 0.3) is 0 Å². The molecule has 2 aromatic rings. The van der Waals surface area contributed by atoms with Gasteiger partial charge in [0.1, 0.15) is 16.9 Å². The predicted molar refractivity (Wildman–Crippen MR) is 105 cm³/mol. The molecule has 1 aromatic heterocycles. The second-order valence-corrected chi connectivity index (χ2v) is 8.77. The number of benzene rings is 1. The van der Waals surface area contributed by atoms with Gasteiger partial charge in [-0.3, -0.25) is 0 Å². The van der Waals surface area contributed by atoms with E-state index in [0.717, 1.165) is 24.2 Å². The Hall–Kier alpha value is -1.67. The van der Waals surface area contributed by atoms with E-state index >= 15 is 0 Å². The molecule has 1 aliphatic heterocycles. The summed E-state index contributed by atoms with van der Waals surface area (Å²) in [5.74, 6) is -0.0513. The third-order valence-electron chi connectivity index (χ3n) is 5.69. The van der Waals surface area contributed by atoms with Crippen molar-refractivity contribution >= 4 is 28.9 Å². The van der Waals surface area contributed by atoms with Gasteiger partial charge in [0.2, 0.25) is 0 Å². The maximum Gasteiger partial charge on any atom is 0.355 e. The number of aromatic carboxylic acids is 1. The Morgan fingerprint density at radius 2 is 2.25 bits per heavy atom. The molecule has 1 aromatic carbocycles. The number of aliphatic hydroxyl groups excluding tert-OH is 1. The van der Waals surface area contributed by atoms with Crippen LogP contribution in [0.5, 0.6) is 5.75 Å². The van der Waals surface area contributed by atoms with Crippen LogP contribution in [0.4, 0.5) is 0 Å². The molecule has 8 heteroatoms. The second-order valence-electron chi connectivity index (χ2n) is 7.47. The third kappa shape index (κ3) is 3.89. The molecule has 5 atom stereocenters. The molecule has 1 saturated carbocycles. The summed E-state index contributed by atoms with van der Waals surface area (Å²) < 4.78 is 12.1.